The largest absolute Gasteiger partial charge is 0.379 e. The maximum absolute atomic E-state index is 11.5. The zero-order valence-electron chi connectivity index (χ0n) is 15.2. The van der Waals surface area contributed by atoms with Gasteiger partial charge in [0.2, 0.25) is 5.91 Å². The third-order valence-electron chi connectivity index (χ3n) is 5.64. The molecule has 1 aliphatic heterocycles. The van der Waals surface area contributed by atoms with Gasteiger partial charge in [-0.1, -0.05) is 30.3 Å². The highest BCUT2D eigenvalue weighted by Gasteiger charge is 2.43. The van der Waals surface area contributed by atoms with Crippen LogP contribution in [-0.4, -0.2) is 43.2 Å². The Balaban J connectivity index is 1.47. The van der Waals surface area contributed by atoms with Gasteiger partial charge in [-0.05, 0) is 24.7 Å². The Morgan fingerprint density at radius 3 is 2.65 bits per heavy atom. The lowest BCUT2D eigenvalue weighted by Gasteiger charge is -2.37. The SMILES string of the molecule is CO[C@@H]1C[C@H]2CN(c3nc(-c4ccccc4)cs3)C[C@H]2C[C@H]1NC(C)=O. The van der Waals surface area contributed by atoms with Gasteiger partial charge < -0.3 is 15.0 Å². The van der Waals surface area contributed by atoms with E-state index in [0.29, 0.717) is 11.8 Å². The van der Waals surface area contributed by atoms with Gasteiger partial charge in [0.05, 0.1) is 17.8 Å². The summed E-state index contributed by atoms with van der Waals surface area (Å²) >= 11 is 1.72. The van der Waals surface area contributed by atoms with Crippen molar-refractivity contribution < 1.29 is 9.53 Å². The topological polar surface area (TPSA) is 54.5 Å². The molecule has 0 unspecified atom stereocenters. The van der Waals surface area contributed by atoms with Crippen LogP contribution in [0.2, 0.25) is 0 Å². The number of aromatic nitrogens is 1. The van der Waals surface area contributed by atoms with Crippen molar-refractivity contribution >= 4 is 22.4 Å². The zero-order valence-corrected chi connectivity index (χ0v) is 16.0. The molecule has 4 atom stereocenters. The summed E-state index contributed by atoms with van der Waals surface area (Å²) < 4.78 is 5.67. The summed E-state index contributed by atoms with van der Waals surface area (Å²) in [5, 5.41) is 6.32. The molecule has 0 radical (unpaired) electrons. The fourth-order valence-corrected chi connectivity index (χ4v) is 5.25. The van der Waals surface area contributed by atoms with Crippen LogP contribution < -0.4 is 10.2 Å². The minimum absolute atomic E-state index is 0.0257. The quantitative estimate of drug-likeness (QED) is 0.897. The third-order valence-corrected chi connectivity index (χ3v) is 6.54. The van der Waals surface area contributed by atoms with Crippen LogP contribution in [0.25, 0.3) is 11.3 Å². The molecular formula is C20H25N3O2S. The van der Waals surface area contributed by atoms with Crippen molar-refractivity contribution in [3.63, 3.8) is 0 Å². The van der Waals surface area contributed by atoms with Gasteiger partial charge in [-0.25, -0.2) is 4.98 Å². The average Bonchev–Trinajstić information content (AvgIpc) is 3.28. The van der Waals surface area contributed by atoms with Gasteiger partial charge in [0.1, 0.15) is 0 Å². The zero-order chi connectivity index (χ0) is 18.1. The molecule has 2 aromatic rings. The molecule has 26 heavy (non-hydrogen) atoms. The number of ether oxygens (including phenoxy) is 1. The number of hydrogen-bond acceptors (Lipinski definition) is 5. The van der Waals surface area contributed by atoms with Crippen molar-refractivity contribution in [1.82, 2.24) is 10.3 Å². The molecule has 1 saturated carbocycles. The van der Waals surface area contributed by atoms with Crippen molar-refractivity contribution in [1.29, 1.82) is 0 Å². The predicted octanol–water partition coefficient (Wildman–Crippen LogP) is 3.18. The van der Waals surface area contributed by atoms with Crippen molar-refractivity contribution in [2.45, 2.75) is 31.9 Å². The minimum atomic E-state index is 0.0257. The summed E-state index contributed by atoms with van der Waals surface area (Å²) in [4.78, 5) is 18.8. The van der Waals surface area contributed by atoms with Crippen LogP contribution in [0, 0.1) is 11.8 Å². The van der Waals surface area contributed by atoms with Gasteiger partial charge in [0, 0.05) is 38.1 Å². The van der Waals surface area contributed by atoms with Crippen molar-refractivity contribution in [2.75, 3.05) is 25.1 Å². The van der Waals surface area contributed by atoms with Crippen LogP contribution in [-0.2, 0) is 9.53 Å². The Labute approximate surface area is 158 Å². The van der Waals surface area contributed by atoms with Gasteiger partial charge in [0.15, 0.2) is 5.13 Å². The first kappa shape index (κ1) is 17.5. The second kappa shape index (κ2) is 7.37. The average molecular weight is 372 g/mol. The third kappa shape index (κ3) is 3.48. The number of anilines is 1. The smallest absolute Gasteiger partial charge is 0.217 e. The highest BCUT2D eigenvalue weighted by molar-refractivity contribution is 7.14. The number of hydrogen-bond donors (Lipinski definition) is 1. The molecule has 0 bridgehead atoms. The van der Waals surface area contributed by atoms with Gasteiger partial charge in [-0.3, -0.25) is 4.79 Å². The normalized spacial score (nSPS) is 28.0. The van der Waals surface area contributed by atoms with Crippen LogP contribution in [0.15, 0.2) is 35.7 Å². The summed E-state index contributed by atoms with van der Waals surface area (Å²) in [6, 6.07) is 10.4. The molecule has 138 valence electrons. The molecule has 2 heterocycles. The second-order valence-corrected chi connectivity index (χ2v) is 8.20. The maximum Gasteiger partial charge on any atom is 0.217 e. The molecule has 0 spiro atoms. The predicted molar refractivity (Wildman–Crippen MR) is 104 cm³/mol. The first-order chi connectivity index (χ1) is 12.6. The standard InChI is InChI=1S/C20H25N3O2S/c1-13(24)21-17-8-15-10-23(11-16(15)9-19(17)25-2)20-22-18(12-26-20)14-6-4-3-5-7-14/h3-7,12,15-17,19H,8-11H2,1-2H3,(H,21,24)/t15-,16+,17-,19-/m1/s1. The molecular weight excluding hydrogens is 346 g/mol. The summed E-state index contributed by atoms with van der Waals surface area (Å²) in [6.07, 6.45) is 2.09. The fraction of sp³-hybridized carbons (Fsp3) is 0.500. The molecule has 1 aromatic carbocycles. The summed E-state index contributed by atoms with van der Waals surface area (Å²) in [5.74, 6) is 1.22. The molecule has 4 rings (SSSR count). The number of carbonyl (C=O) groups excluding carboxylic acids is 1. The number of nitrogens with one attached hydrogen (secondary N) is 1. The van der Waals surface area contributed by atoms with E-state index < -0.39 is 0 Å². The Kier molecular flexibility index (Phi) is 4.96. The number of amides is 1. The van der Waals surface area contributed by atoms with Crippen LogP contribution >= 0.6 is 11.3 Å². The first-order valence-corrected chi connectivity index (χ1v) is 10.1. The van der Waals surface area contributed by atoms with Gasteiger partial charge in [0.25, 0.3) is 0 Å². The van der Waals surface area contributed by atoms with Gasteiger partial charge in [-0.2, -0.15) is 0 Å². The van der Waals surface area contributed by atoms with Crippen molar-refractivity contribution in [3.8, 4) is 11.3 Å². The highest BCUT2D eigenvalue weighted by Crippen LogP contribution is 2.40. The van der Waals surface area contributed by atoms with Crippen LogP contribution in [0.3, 0.4) is 0 Å². The van der Waals surface area contributed by atoms with E-state index in [-0.39, 0.29) is 18.1 Å². The van der Waals surface area contributed by atoms with E-state index in [2.05, 4.69) is 27.7 Å². The monoisotopic (exact) mass is 371 g/mol. The number of benzene rings is 1. The minimum Gasteiger partial charge on any atom is -0.379 e. The molecule has 1 N–H and O–H groups in total. The first-order valence-electron chi connectivity index (χ1n) is 9.20. The molecule has 1 aliphatic carbocycles. The second-order valence-electron chi connectivity index (χ2n) is 7.36. The summed E-state index contributed by atoms with van der Waals surface area (Å²) in [7, 11) is 1.75. The number of nitrogens with zero attached hydrogens (tertiary/aromatic N) is 2. The van der Waals surface area contributed by atoms with Gasteiger partial charge in [-0.15, -0.1) is 11.3 Å². The lowest BCUT2D eigenvalue weighted by molar-refractivity contribution is -0.121. The number of fused-ring (bicyclic) bond motifs is 1. The fourth-order valence-electron chi connectivity index (χ4n) is 4.39. The van der Waals surface area contributed by atoms with E-state index in [1.807, 2.05) is 18.2 Å². The van der Waals surface area contributed by atoms with Crippen LogP contribution in [0.5, 0.6) is 0 Å². The van der Waals surface area contributed by atoms with E-state index in [0.717, 1.165) is 42.3 Å². The highest BCUT2D eigenvalue weighted by atomic mass is 32.1. The van der Waals surface area contributed by atoms with E-state index >= 15 is 0 Å². The van der Waals surface area contributed by atoms with E-state index in [1.165, 1.54) is 0 Å². The van der Waals surface area contributed by atoms with Crippen molar-refractivity contribution in [3.05, 3.63) is 35.7 Å². The Morgan fingerprint density at radius 2 is 1.96 bits per heavy atom. The Bertz CT molecular complexity index is 763. The van der Waals surface area contributed by atoms with Crippen molar-refractivity contribution in [2.24, 2.45) is 11.8 Å². The maximum atomic E-state index is 11.5. The van der Waals surface area contributed by atoms with Crippen LogP contribution in [0.4, 0.5) is 5.13 Å². The molecule has 1 aromatic heterocycles. The Hall–Kier alpha value is -1.92. The van der Waals surface area contributed by atoms with E-state index in [9.17, 15) is 4.79 Å². The molecule has 2 aliphatic rings. The molecule has 6 heteroatoms. The molecule has 5 nitrogen and oxygen atoms in total. The van der Waals surface area contributed by atoms with Crippen LogP contribution in [0.1, 0.15) is 19.8 Å². The summed E-state index contributed by atoms with van der Waals surface area (Å²) in [5.41, 5.74) is 2.21. The number of methoxy groups -OCH3 is 1. The van der Waals surface area contributed by atoms with Gasteiger partial charge >= 0.3 is 0 Å². The number of rotatable bonds is 4. The number of thiazole rings is 1. The van der Waals surface area contributed by atoms with E-state index in [4.69, 9.17) is 9.72 Å². The lowest BCUT2D eigenvalue weighted by atomic mass is 9.77. The molecule has 1 saturated heterocycles. The molecule has 1 amide bonds. The van der Waals surface area contributed by atoms with E-state index in [1.54, 1.807) is 25.4 Å². The summed E-state index contributed by atoms with van der Waals surface area (Å²) in [6.45, 7) is 3.62. The Morgan fingerprint density at radius 1 is 1.23 bits per heavy atom. The molecule has 2 fully saturated rings. The number of carbonyl (C=O) groups is 1. The lowest BCUT2D eigenvalue weighted by Crippen LogP contribution is -2.49.